The standard InChI is InChI=1S/C14H16ClNO4/c1-2-3-16(9-13(17)18)8-10-6-11(15)14-12(7-10)19-4-5-20-14/h2,6-7H,1,3-5,8-9H2,(H,17,18). The predicted octanol–water partition coefficient (Wildman–Crippen LogP) is 2.18. The highest BCUT2D eigenvalue weighted by molar-refractivity contribution is 6.32. The number of fused-ring (bicyclic) bond motifs is 1. The highest BCUT2D eigenvalue weighted by Gasteiger charge is 2.18. The third-order valence-electron chi connectivity index (χ3n) is 2.81. The molecule has 0 radical (unpaired) electrons. The second-order valence-electron chi connectivity index (χ2n) is 4.45. The molecule has 1 aromatic carbocycles. The van der Waals surface area contributed by atoms with Gasteiger partial charge in [-0.05, 0) is 17.7 Å². The van der Waals surface area contributed by atoms with Gasteiger partial charge in [-0.3, -0.25) is 9.69 Å². The smallest absolute Gasteiger partial charge is 0.317 e. The zero-order chi connectivity index (χ0) is 14.5. The topological polar surface area (TPSA) is 59.0 Å². The van der Waals surface area contributed by atoms with Crippen LogP contribution in [-0.2, 0) is 11.3 Å². The molecule has 1 aromatic rings. The Hall–Kier alpha value is -1.72. The number of ether oxygens (including phenoxy) is 2. The van der Waals surface area contributed by atoms with E-state index in [1.165, 1.54) is 0 Å². The summed E-state index contributed by atoms with van der Waals surface area (Å²) in [5.74, 6) is 0.276. The molecule has 1 aliphatic rings. The number of halogens is 1. The molecule has 6 heteroatoms. The first-order valence-corrected chi connectivity index (χ1v) is 6.61. The van der Waals surface area contributed by atoms with E-state index < -0.39 is 5.97 Å². The Balaban J connectivity index is 2.17. The number of carbonyl (C=O) groups is 1. The van der Waals surface area contributed by atoms with Crippen molar-refractivity contribution >= 4 is 17.6 Å². The molecule has 1 N–H and O–H groups in total. The molecule has 0 aromatic heterocycles. The second kappa shape index (κ2) is 6.63. The maximum Gasteiger partial charge on any atom is 0.317 e. The molecule has 108 valence electrons. The SMILES string of the molecule is C=CCN(CC(=O)O)Cc1cc(Cl)c2c(c1)OCCO2. The van der Waals surface area contributed by atoms with Gasteiger partial charge in [-0.25, -0.2) is 0 Å². The minimum Gasteiger partial charge on any atom is -0.486 e. The highest BCUT2D eigenvalue weighted by Crippen LogP contribution is 2.38. The molecule has 0 saturated heterocycles. The summed E-state index contributed by atoms with van der Waals surface area (Å²) < 4.78 is 10.9. The van der Waals surface area contributed by atoms with Crippen molar-refractivity contribution in [3.05, 3.63) is 35.4 Å². The summed E-state index contributed by atoms with van der Waals surface area (Å²) in [7, 11) is 0. The van der Waals surface area contributed by atoms with Crippen LogP contribution in [0.3, 0.4) is 0 Å². The molecule has 1 aliphatic heterocycles. The van der Waals surface area contributed by atoms with Crippen LogP contribution in [0.5, 0.6) is 11.5 Å². The van der Waals surface area contributed by atoms with E-state index in [2.05, 4.69) is 6.58 Å². The van der Waals surface area contributed by atoms with E-state index in [0.29, 0.717) is 42.8 Å². The molecule has 0 spiro atoms. The van der Waals surface area contributed by atoms with Crippen molar-refractivity contribution in [2.24, 2.45) is 0 Å². The van der Waals surface area contributed by atoms with E-state index >= 15 is 0 Å². The zero-order valence-electron chi connectivity index (χ0n) is 11.0. The van der Waals surface area contributed by atoms with Gasteiger partial charge < -0.3 is 14.6 Å². The normalized spacial score (nSPS) is 13.3. The van der Waals surface area contributed by atoms with Gasteiger partial charge in [0.1, 0.15) is 13.2 Å². The van der Waals surface area contributed by atoms with Gasteiger partial charge >= 0.3 is 5.97 Å². The van der Waals surface area contributed by atoms with Gasteiger partial charge in [-0.1, -0.05) is 17.7 Å². The maximum atomic E-state index is 10.8. The molecule has 0 saturated carbocycles. The van der Waals surface area contributed by atoms with Gasteiger partial charge in [0.05, 0.1) is 11.6 Å². The lowest BCUT2D eigenvalue weighted by Crippen LogP contribution is -2.29. The fraction of sp³-hybridized carbons (Fsp3) is 0.357. The summed E-state index contributed by atoms with van der Waals surface area (Å²) in [4.78, 5) is 12.6. The van der Waals surface area contributed by atoms with Crippen LogP contribution in [0.4, 0.5) is 0 Å². The lowest BCUT2D eigenvalue weighted by Gasteiger charge is -2.22. The number of hydrogen-bond acceptors (Lipinski definition) is 4. The van der Waals surface area contributed by atoms with Crippen LogP contribution in [0.1, 0.15) is 5.56 Å². The fourth-order valence-corrected chi connectivity index (χ4v) is 2.36. The van der Waals surface area contributed by atoms with E-state index in [-0.39, 0.29) is 6.54 Å². The number of benzene rings is 1. The van der Waals surface area contributed by atoms with Gasteiger partial charge in [0.15, 0.2) is 11.5 Å². The molecular weight excluding hydrogens is 282 g/mol. The summed E-state index contributed by atoms with van der Waals surface area (Å²) in [5, 5.41) is 9.37. The molecule has 1 heterocycles. The average molecular weight is 298 g/mol. The number of hydrogen-bond donors (Lipinski definition) is 1. The fourth-order valence-electron chi connectivity index (χ4n) is 2.07. The van der Waals surface area contributed by atoms with E-state index in [1.54, 1.807) is 17.0 Å². The van der Waals surface area contributed by atoms with E-state index in [1.807, 2.05) is 6.07 Å². The molecule has 0 amide bonds. The van der Waals surface area contributed by atoms with Gasteiger partial charge in [-0.2, -0.15) is 0 Å². The first-order valence-electron chi connectivity index (χ1n) is 6.23. The summed E-state index contributed by atoms with van der Waals surface area (Å²) >= 11 is 6.15. The van der Waals surface area contributed by atoms with Crippen LogP contribution in [0.2, 0.25) is 5.02 Å². The predicted molar refractivity (Wildman–Crippen MR) is 75.6 cm³/mol. The summed E-state index contributed by atoms with van der Waals surface area (Å²) in [6, 6.07) is 3.60. The summed E-state index contributed by atoms with van der Waals surface area (Å²) in [5.41, 5.74) is 0.877. The molecule has 0 atom stereocenters. The van der Waals surface area contributed by atoms with Crippen LogP contribution in [0.15, 0.2) is 24.8 Å². The van der Waals surface area contributed by atoms with Gasteiger partial charge in [0, 0.05) is 13.1 Å². The molecule has 20 heavy (non-hydrogen) atoms. The Morgan fingerprint density at radius 2 is 2.20 bits per heavy atom. The quantitative estimate of drug-likeness (QED) is 0.816. The highest BCUT2D eigenvalue weighted by atomic mass is 35.5. The minimum absolute atomic E-state index is 0.0575. The number of carboxylic acid groups (broad SMARTS) is 1. The Bertz CT molecular complexity index is 518. The van der Waals surface area contributed by atoms with Crippen LogP contribution in [0, 0.1) is 0 Å². The molecule has 0 unspecified atom stereocenters. The first kappa shape index (κ1) is 14.7. The van der Waals surface area contributed by atoms with Gasteiger partial charge in [-0.15, -0.1) is 6.58 Å². The van der Waals surface area contributed by atoms with Crippen LogP contribution in [0.25, 0.3) is 0 Å². The van der Waals surface area contributed by atoms with Gasteiger partial charge in [0.2, 0.25) is 0 Å². The number of rotatable bonds is 6. The third kappa shape index (κ3) is 3.65. The monoisotopic (exact) mass is 297 g/mol. The lowest BCUT2D eigenvalue weighted by molar-refractivity contribution is -0.138. The van der Waals surface area contributed by atoms with Crippen LogP contribution >= 0.6 is 11.6 Å². The maximum absolute atomic E-state index is 10.8. The Labute approximate surface area is 122 Å². The number of carboxylic acids is 1. The van der Waals surface area contributed by atoms with Crippen molar-refractivity contribution in [2.75, 3.05) is 26.3 Å². The van der Waals surface area contributed by atoms with Crippen molar-refractivity contribution in [3.63, 3.8) is 0 Å². The Kier molecular flexibility index (Phi) is 4.87. The van der Waals surface area contributed by atoms with E-state index in [9.17, 15) is 4.79 Å². The van der Waals surface area contributed by atoms with Crippen LogP contribution in [-0.4, -0.2) is 42.3 Å². The van der Waals surface area contributed by atoms with Crippen molar-refractivity contribution in [2.45, 2.75) is 6.54 Å². The molecule has 5 nitrogen and oxygen atoms in total. The summed E-state index contributed by atoms with van der Waals surface area (Å²) in [6.45, 7) is 5.48. The average Bonchev–Trinajstić information content (AvgIpc) is 2.38. The summed E-state index contributed by atoms with van der Waals surface area (Å²) in [6.07, 6.45) is 1.67. The molecule has 0 fully saturated rings. The third-order valence-corrected chi connectivity index (χ3v) is 3.09. The largest absolute Gasteiger partial charge is 0.486 e. The van der Waals surface area contributed by atoms with E-state index in [0.717, 1.165) is 5.56 Å². The van der Waals surface area contributed by atoms with Crippen molar-refractivity contribution in [1.29, 1.82) is 0 Å². The zero-order valence-corrected chi connectivity index (χ0v) is 11.7. The van der Waals surface area contributed by atoms with E-state index in [4.69, 9.17) is 26.2 Å². The second-order valence-corrected chi connectivity index (χ2v) is 4.86. The number of nitrogens with zero attached hydrogens (tertiary/aromatic N) is 1. The molecule has 2 rings (SSSR count). The first-order chi connectivity index (χ1) is 9.60. The Morgan fingerprint density at radius 1 is 1.45 bits per heavy atom. The Morgan fingerprint density at radius 3 is 2.90 bits per heavy atom. The van der Waals surface area contributed by atoms with Crippen LogP contribution < -0.4 is 9.47 Å². The van der Waals surface area contributed by atoms with Crippen molar-refractivity contribution in [3.8, 4) is 11.5 Å². The van der Waals surface area contributed by atoms with Gasteiger partial charge in [0.25, 0.3) is 0 Å². The van der Waals surface area contributed by atoms with Crippen molar-refractivity contribution in [1.82, 2.24) is 4.90 Å². The van der Waals surface area contributed by atoms with Crippen molar-refractivity contribution < 1.29 is 19.4 Å². The molecule has 0 bridgehead atoms. The number of aliphatic carboxylic acids is 1. The molecule has 0 aliphatic carbocycles. The molecular formula is C14H16ClNO4. The lowest BCUT2D eigenvalue weighted by atomic mass is 10.1. The minimum atomic E-state index is -0.879.